The van der Waals surface area contributed by atoms with Crippen LogP contribution in [0.2, 0.25) is 0 Å². The number of hydrogen-bond donors (Lipinski definition) is 2. The number of nitrogens with zero attached hydrogens (tertiary/aromatic N) is 1. The first-order valence-electron chi connectivity index (χ1n) is 4.70. The maximum atomic E-state index is 11.2. The Morgan fingerprint density at radius 2 is 2.23 bits per heavy atom. The molecule has 4 heteroatoms. The van der Waals surface area contributed by atoms with E-state index in [1.807, 2.05) is 0 Å². The van der Waals surface area contributed by atoms with Crippen molar-refractivity contribution < 1.29 is 9.90 Å². The van der Waals surface area contributed by atoms with Gasteiger partial charge >= 0.3 is 6.03 Å². The van der Waals surface area contributed by atoms with Crippen molar-refractivity contribution in [3.63, 3.8) is 0 Å². The first-order chi connectivity index (χ1) is 6.06. The van der Waals surface area contributed by atoms with Crippen molar-refractivity contribution in [3.05, 3.63) is 0 Å². The summed E-state index contributed by atoms with van der Waals surface area (Å²) in [7, 11) is 1.78. The molecule has 0 aliphatic carbocycles. The molecule has 13 heavy (non-hydrogen) atoms. The summed E-state index contributed by atoms with van der Waals surface area (Å²) in [5, 5.41) is 11.8. The standard InChI is InChI=1S/C9H18N2O2/c1-6(2)4-8-7(5-12)10-9(13)11(8)3/h6-8,12H,4-5H2,1-3H3,(H,10,13). The molecule has 0 bridgehead atoms. The highest BCUT2D eigenvalue weighted by Gasteiger charge is 2.36. The van der Waals surface area contributed by atoms with E-state index in [-0.39, 0.29) is 24.7 Å². The fourth-order valence-corrected chi connectivity index (χ4v) is 1.75. The Morgan fingerprint density at radius 3 is 2.69 bits per heavy atom. The van der Waals surface area contributed by atoms with Crippen molar-refractivity contribution in [2.24, 2.45) is 5.92 Å². The zero-order valence-corrected chi connectivity index (χ0v) is 8.45. The Hall–Kier alpha value is -0.770. The second kappa shape index (κ2) is 3.96. The molecule has 2 unspecified atom stereocenters. The molecule has 1 saturated heterocycles. The van der Waals surface area contributed by atoms with Gasteiger partial charge in [-0.3, -0.25) is 0 Å². The third kappa shape index (κ3) is 2.12. The van der Waals surface area contributed by atoms with Crippen LogP contribution in [0.3, 0.4) is 0 Å². The predicted molar refractivity (Wildman–Crippen MR) is 50.4 cm³/mol. The predicted octanol–water partition coefficient (Wildman–Crippen LogP) is 0.417. The van der Waals surface area contributed by atoms with Crippen LogP contribution in [-0.4, -0.2) is 41.8 Å². The van der Waals surface area contributed by atoms with E-state index in [2.05, 4.69) is 19.2 Å². The normalized spacial score (nSPS) is 28.4. The number of hydrogen-bond acceptors (Lipinski definition) is 2. The van der Waals surface area contributed by atoms with Crippen molar-refractivity contribution in [2.75, 3.05) is 13.7 Å². The van der Waals surface area contributed by atoms with Crippen molar-refractivity contribution in [3.8, 4) is 0 Å². The lowest BCUT2D eigenvalue weighted by Gasteiger charge is -2.23. The van der Waals surface area contributed by atoms with Gasteiger partial charge in [-0.25, -0.2) is 4.79 Å². The third-order valence-corrected chi connectivity index (χ3v) is 2.50. The van der Waals surface area contributed by atoms with E-state index >= 15 is 0 Å². The van der Waals surface area contributed by atoms with E-state index in [0.717, 1.165) is 6.42 Å². The van der Waals surface area contributed by atoms with Crippen molar-refractivity contribution in [2.45, 2.75) is 32.4 Å². The Bertz CT molecular complexity index is 194. The van der Waals surface area contributed by atoms with Gasteiger partial charge in [-0.2, -0.15) is 0 Å². The number of likely N-dealkylation sites (N-methyl/N-ethyl adjacent to an activating group) is 1. The highest BCUT2D eigenvalue weighted by Crippen LogP contribution is 2.18. The lowest BCUT2D eigenvalue weighted by atomic mass is 9.98. The summed E-state index contributed by atoms with van der Waals surface area (Å²) in [6, 6.07) is -0.0397. The molecule has 1 rings (SSSR count). The number of nitrogens with one attached hydrogen (secondary N) is 1. The van der Waals surface area contributed by atoms with Crippen LogP contribution in [0.15, 0.2) is 0 Å². The van der Waals surface area contributed by atoms with Crippen molar-refractivity contribution >= 4 is 6.03 Å². The van der Waals surface area contributed by atoms with Gasteiger partial charge in [0.1, 0.15) is 0 Å². The third-order valence-electron chi connectivity index (χ3n) is 2.50. The highest BCUT2D eigenvalue weighted by atomic mass is 16.3. The van der Waals surface area contributed by atoms with Crippen LogP contribution in [-0.2, 0) is 0 Å². The molecule has 0 aromatic rings. The highest BCUT2D eigenvalue weighted by molar-refractivity contribution is 5.77. The molecular formula is C9H18N2O2. The van der Waals surface area contributed by atoms with Crippen LogP contribution in [0.5, 0.6) is 0 Å². The lowest BCUT2D eigenvalue weighted by Crippen LogP contribution is -2.38. The molecular weight excluding hydrogens is 168 g/mol. The van der Waals surface area contributed by atoms with Gasteiger partial charge in [0.05, 0.1) is 18.7 Å². The zero-order valence-electron chi connectivity index (χ0n) is 8.45. The molecule has 0 aromatic heterocycles. The number of carbonyl (C=O) groups is 1. The minimum absolute atomic E-state index is 0.0213. The van der Waals surface area contributed by atoms with Gasteiger partial charge in [-0.15, -0.1) is 0 Å². The Labute approximate surface area is 78.9 Å². The molecule has 0 spiro atoms. The Kier molecular flexibility index (Phi) is 3.14. The molecule has 1 fully saturated rings. The maximum Gasteiger partial charge on any atom is 0.317 e. The van der Waals surface area contributed by atoms with E-state index < -0.39 is 0 Å². The average molecular weight is 186 g/mol. The van der Waals surface area contributed by atoms with E-state index in [1.54, 1.807) is 11.9 Å². The second-order valence-electron chi connectivity index (χ2n) is 4.05. The molecule has 0 aromatic carbocycles. The van der Waals surface area contributed by atoms with E-state index in [0.29, 0.717) is 5.92 Å². The van der Waals surface area contributed by atoms with Gasteiger partial charge in [0, 0.05) is 7.05 Å². The molecule has 0 saturated carbocycles. The molecule has 1 heterocycles. The van der Waals surface area contributed by atoms with Gasteiger partial charge in [-0.05, 0) is 12.3 Å². The van der Waals surface area contributed by atoms with Crippen LogP contribution in [0.25, 0.3) is 0 Å². The monoisotopic (exact) mass is 186 g/mol. The summed E-state index contributed by atoms with van der Waals surface area (Å²) in [5.74, 6) is 0.536. The summed E-state index contributed by atoms with van der Waals surface area (Å²) >= 11 is 0. The quantitative estimate of drug-likeness (QED) is 0.671. The summed E-state index contributed by atoms with van der Waals surface area (Å²) in [4.78, 5) is 12.9. The Morgan fingerprint density at radius 1 is 1.62 bits per heavy atom. The van der Waals surface area contributed by atoms with Gasteiger partial charge in [0.15, 0.2) is 0 Å². The minimum Gasteiger partial charge on any atom is -0.394 e. The largest absolute Gasteiger partial charge is 0.394 e. The van der Waals surface area contributed by atoms with Crippen LogP contribution >= 0.6 is 0 Å². The lowest BCUT2D eigenvalue weighted by molar-refractivity contribution is 0.193. The smallest absolute Gasteiger partial charge is 0.317 e. The molecule has 0 radical (unpaired) electrons. The number of amides is 2. The van der Waals surface area contributed by atoms with Gasteiger partial charge in [0.25, 0.3) is 0 Å². The van der Waals surface area contributed by atoms with E-state index in [1.165, 1.54) is 0 Å². The molecule has 1 aliphatic heterocycles. The molecule has 2 atom stereocenters. The van der Waals surface area contributed by atoms with Crippen LogP contribution in [0.4, 0.5) is 4.79 Å². The summed E-state index contributed by atoms with van der Waals surface area (Å²) in [6.45, 7) is 4.25. The maximum absolute atomic E-state index is 11.2. The zero-order chi connectivity index (χ0) is 10.0. The van der Waals surface area contributed by atoms with Crippen LogP contribution in [0, 0.1) is 5.92 Å². The average Bonchev–Trinajstić information content (AvgIpc) is 2.31. The van der Waals surface area contributed by atoms with E-state index in [4.69, 9.17) is 5.11 Å². The molecule has 2 amide bonds. The summed E-state index contributed by atoms with van der Waals surface area (Å²) in [5.41, 5.74) is 0. The molecule has 4 nitrogen and oxygen atoms in total. The van der Waals surface area contributed by atoms with Crippen LogP contribution < -0.4 is 5.32 Å². The molecule has 1 aliphatic rings. The second-order valence-corrected chi connectivity index (χ2v) is 4.05. The first kappa shape index (κ1) is 10.3. The fraction of sp³-hybridized carbons (Fsp3) is 0.889. The SMILES string of the molecule is CC(C)CC1C(CO)NC(=O)N1C. The molecule has 2 N–H and O–H groups in total. The fourth-order valence-electron chi connectivity index (χ4n) is 1.75. The Balaban J connectivity index is 2.62. The number of aliphatic hydroxyl groups is 1. The number of urea groups is 1. The minimum atomic E-state index is -0.0973. The van der Waals surface area contributed by atoms with Crippen molar-refractivity contribution in [1.29, 1.82) is 0 Å². The van der Waals surface area contributed by atoms with E-state index in [9.17, 15) is 4.79 Å². The topological polar surface area (TPSA) is 52.6 Å². The van der Waals surface area contributed by atoms with Gasteiger partial charge < -0.3 is 15.3 Å². The van der Waals surface area contributed by atoms with Gasteiger partial charge in [0.2, 0.25) is 0 Å². The summed E-state index contributed by atoms with van der Waals surface area (Å²) in [6.07, 6.45) is 0.931. The van der Waals surface area contributed by atoms with Gasteiger partial charge in [-0.1, -0.05) is 13.8 Å². The van der Waals surface area contributed by atoms with Crippen molar-refractivity contribution in [1.82, 2.24) is 10.2 Å². The first-order valence-corrected chi connectivity index (χ1v) is 4.70. The number of aliphatic hydroxyl groups excluding tert-OH is 1. The molecule has 76 valence electrons. The summed E-state index contributed by atoms with van der Waals surface area (Å²) < 4.78 is 0. The number of carbonyl (C=O) groups excluding carboxylic acids is 1. The number of rotatable bonds is 3. The van der Waals surface area contributed by atoms with Crippen LogP contribution in [0.1, 0.15) is 20.3 Å².